The number of hydrogen-bond donors (Lipinski definition) is 0. The van der Waals surface area contributed by atoms with Crippen molar-refractivity contribution in [2.75, 3.05) is 13.2 Å². The van der Waals surface area contributed by atoms with E-state index in [1.807, 2.05) is 0 Å². The Kier molecular flexibility index (Phi) is 5.34. The maximum atomic E-state index is 13.4. The van der Waals surface area contributed by atoms with Crippen LogP contribution in [0, 0.1) is 0 Å². The summed E-state index contributed by atoms with van der Waals surface area (Å²) in [5.74, 6) is -12.0. The molecule has 0 bridgehead atoms. The molecule has 0 spiro atoms. The second-order valence-electron chi connectivity index (χ2n) is 4.29. The first kappa shape index (κ1) is 17.7. The highest BCUT2D eigenvalue weighted by atomic mass is 19.3. The highest BCUT2D eigenvalue weighted by Gasteiger charge is 2.57. The van der Waals surface area contributed by atoms with Crippen molar-refractivity contribution in [3.8, 4) is 5.75 Å². The van der Waals surface area contributed by atoms with Crippen molar-refractivity contribution in [3.05, 3.63) is 29.8 Å². The van der Waals surface area contributed by atoms with Gasteiger partial charge in [-0.25, -0.2) is 0 Å². The quantitative estimate of drug-likeness (QED) is 0.558. The van der Waals surface area contributed by atoms with Crippen molar-refractivity contribution >= 4 is 11.9 Å². The van der Waals surface area contributed by atoms with Gasteiger partial charge in [0.15, 0.2) is 13.2 Å². The van der Waals surface area contributed by atoms with Crippen LogP contribution in [0.3, 0.4) is 0 Å². The Morgan fingerprint density at radius 1 is 1.05 bits per heavy atom. The van der Waals surface area contributed by atoms with Crippen molar-refractivity contribution in [3.63, 3.8) is 0 Å². The van der Waals surface area contributed by atoms with Crippen molar-refractivity contribution in [2.24, 2.45) is 0 Å². The molecule has 0 saturated carbocycles. The van der Waals surface area contributed by atoms with Gasteiger partial charge in [0.2, 0.25) is 0 Å². The molecule has 0 fully saturated rings. The van der Waals surface area contributed by atoms with Crippen LogP contribution in [-0.4, -0.2) is 37.0 Å². The van der Waals surface area contributed by atoms with E-state index in [4.69, 9.17) is 0 Å². The monoisotopic (exact) mass is 323 g/mol. The van der Waals surface area contributed by atoms with Crippen LogP contribution in [0.15, 0.2) is 24.3 Å². The average Bonchev–Trinajstić information content (AvgIpc) is 2.43. The molecule has 22 heavy (non-hydrogen) atoms. The molecule has 1 aromatic rings. The van der Waals surface area contributed by atoms with Crippen molar-refractivity contribution < 1.29 is 41.7 Å². The first-order chi connectivity index (χ1) is 10.0. The lowest BCUT2D eigenvalue weighted by atomic mass is 10.2. The number of halogens is 4. The van der Waals surface area contributed by atoms with E-state index >= 15 is 0 Å². The van der Waals surface area contributed by atoms with E-state index in [-0.39, 0.29) is 11.3 Å². The van der Waals surface area contributed by atoms with E-state index in [0.29, 0.717) is 0 Å². The molecule has 0 aromatic heterocycles. The summed E-state index contributed by atoms with van der Waals surface area (Å²) in [7, 11) is 0. The van der Waals surface area contributed by atoms with E-state index in [1.165, 1.54) is 0 Å². The van der Waals surface area contributed by atoms with Gasteiger partial charge in [0, 0.05) is 6.92 Å². The van der Waals surface area contributed by atoms with E-state index in [1.54, 1.807) is 0 Å². The number of benzene rings is 1. The van der Waals surface area contributed by atoms with E-state index < -0.39 is 37.0 Å². The zero-order chi connectivity index (χ0) is 17.0. The lowest BCUT2D eigenvalue weighted by Gasteiger charge is -2.25. The van der Waals surface area contributed by atoms with Crippen LogP contribution in [0.25, 0.3) is 0 Å². The summed E-state index contributed by atoms with van der Waals surface area (Å²) in [6.07, 6.45) is 0. The maximum Gasteiger partial charge on any atom is 0.346 e. The van der Waals surface area contributed by atoms with Crippen molar-refractivity contribution in [2.45, 2.75) is 18.8 Å². The molecule has 0 aliphatic carbocycles. The molecule has 0 N–H and O–H groups in total. The molecular formula is C13H11F4O5-. The minimum absolute atomic E-state index is 0.223. The van der Waals surface area contributed by atoms with Gasteiger partial charge in [-0.05, 0) is 29.8 Å². The third kappa shape index (κ3) is 4.61. The lowest BCUT2D eigenvalue weighted by molar-refractivity contribution is -0.255. The van der Waals surface area contributed by atoms with Gasteiger partial charge in [-0.15, -0.1) is 0 Å². The third-order valence-corrected chi connectivity index (χ3v) is 2.50. The highest BCUT2D eigenvalue weighted by molar-refractivity contribution is 5.85. The summed E-state index contributed by atoms with van der Waals surface area (Å²) in [5, 5.41) is 10.5. The molecule has 1 rings (SSSR count). The Morgan fingerprint density at radius 2 is 1.55 bits per heavy atom. The molecule has 0 saturated heterocycles. The number of aromatic carboxylic acids is 1. The standard InChI is InChI=1S/C13H12F4O5/c1-8(18)21-6-12(14,15)13(16,17)7-22-10-4-2-9(3-5-10)11(19)20/h2-5H,6-7H2,1H3,(H,19,20)/p-1. The molecule has 5 nitrogen and oxygen atoms in total. The lowest BCUT2D eigenvalue weighted by Crippen LogP contribution is -2.48. The number of alkyl halides is 4. The largest absolute Gasteiger partial charge is 0.545 e. The van der Waals surface area contributed by atoms with Gasteiger partial charge >= 0.3 is 17.8 Å². The van der Waals surface area contributed by atoms with E-state index in [9.17, 15) is 32.3 Å². The minimum atomic E-state index is -4.61. The number of carboxylic acid groups (broad SMARTS) is 1. The van der Waals surface area contributed by atoms with Gasteiger partial charge in [-0.3, -0.25) is 4.79 Å². The van der Waals surface area contributed by atoms with Crippen LogP contribution in [-0.2, 0) is 9.53 Å². The fourth-order valence-electron chi connectivity index (χ4n) is 1.26. The normalized spacial score (nSPS) is 11.9. The van der Waals surface area contributed by atoms with Gasteiger partial charge in [0.05, 0.1) is 5.97 Å². The molecule has 0 radical (unpaired) electrons. The molecule has 0 atom stereocenters. The summed E-state index contributed by atoms with van der Waals surface area (Å²) in [6.45, 7) is -2.64. The van der Waals surface area contributed by atoms with Crippen LogP contribution in [0.4, 0.5) is 17.6 Å². The molecule has 122 valence electrons. The summed E-state index contributed by atoms with van der Waals surface area (Å²) < 4.78 is 61.6. The van der Waals surface area contributed by atoms with E-state index in [0.717, 1.165) is 31.2 Å². The summed E-state index contributed by atoms with van der Waals surface area (Å²) in [5.41, 5.74) is -0.223. The first-order valence-electron chi connectivity index (χ1n) is 5.88. The SMILES string of the molecule is CC(=O)OCC(F)(F)C(F)(F)COc1ccc(C(=O)[O-])cc1. The molecule has 0 aliphatic heterocycles. The zero-order valence-electron chi connectivity index (χ0n) is 11.3. The molecule has 0 unspecified atom stereocenters. The van der Waals surface area contributed by atoms with Crippen molar-refractivity contribution in [1.29, 1.82) is 0 Å². The number of rotatable bonds is 7. The molecule has 9 heteroatoms. The predicted octanol–water partition coefficient (Wildman–Crippen LogP) is 1.26. The molecule has 0 aliphatic rings. The average molecular weight is 323 g/mol. The van der Waals surface area contributed by atoms with Gasteiger partial charge in [-0.2, -0.15) is 17.6 Å². The molecule has 0 amide bonds. The second-order valence-corrected chi connectivity index (χ2v) is 4.29. The summed E-state index contributed by atoms with van der Waals surface area (Å²) in [4.78, 5) is 20.9. The Balaban J connectivity index is 2.67. The molecule has 1 aromatic carbocycles. The number of carbonyl (C=O) groups is 2. The zero-order valence-corrected chi connectivity index (χ0v) is 11.3. The summed E-state index contributed by atoms with van der Waals surface area (Å²) in [6, 6.07) is 4.07. The smallest absolute Gasteiger partial charge is 0.346 e. The molecular weight excluding hydrogens is 312 g/mol. The Labute approximate surface area is 122 Å². The Hall–Kier alpha value is -2.32. The highest BCUT2D eigenvalue weighted by Crippen LogP contribution is 2.35. The summed E-state index contributed by atoms with van der Waals surface area (Å²) >= 11 is 0. The van der Waals surface area contributed by atoms with Gasteiger partial charge in [-0.1, -0.05) is 0 Å². The number of esters is 1. The first-order valence-corrected chi connectivity index (χ1v) is 5.88. The number of ether oxygens (including phenoxy) is 2. The number of carbonyl (C=O) groups excluding carboxylic acids is 2. The van der Waals surface area contributed by atoms with Gasteiger partial charge in [0.1, 0.15) is 5.75 Å². The van der Waals surface area contributed by atoms with Crippen molar-refractivity contribution in [1.82, 2.24) is 0 Å². The minimum Gasteiger partial charge on any atom is -0.545 e. The Morgan fingerprint density at radius 3 is 2.00 bits per heavy atom. The second kappa shape index (κ2) is 6.63. The van der Waals surface area contributed by atoms with Crippen LogP contribution in [0.2, 0.25) is 0 Å². The number of hydrogen-bond acceptors (Lipinski definition) is 5. The third-order valence-electron chi connectivity index (χ3n) is 2.50. The van der Waals surface area contributed by atoms with Gasteiger partial charge in [0.25, 0.3) is 0 Å². The Bertz CT molecular complexity index is 542. The topological polar surface area (TPSA) is 75.7 Å². The fraction of sp³-hybridized carbons (Fsp3) is 0.385. The van der Waals surface area contributed by atoms with E-state index in [2.05, 4.69) is 9.47 Å². The van der Waals surface area contributed by atoms with Crippen LogP contribution in [0.5, 0.6) is 5.75 Å². The number of carboxylic acids is 1. The predicted molar refractivity (Wildman–Crippen MR) is 62.8 cm³/mol. The van der Waals surface area contributed by atoms with Crippen LogP contribution >= 0.6 is 0 Å². The maximum absolute atomic E-state index is 13.4. The van der Waals surface area contributed by atoms with Crippen LogP contribution < -0.4 is 9.84 Å². The van der Waals surface area contributed by atoms with Gasteiger partial charge < -0.3 is 19.4 Å². The fourth-order valence-corrected chi connectivity index (χ4v) is 1.26. The molecule has 0 heterocycles. The van der Waals surface area contributed by atoms with Crippen LogP contribution in [0.1, 0.15) is 17.3 Å².